The van der Waals surface area contributed by atoms with Crippen LogP contribution >= 0.6 is 0 Å². The van der Waals surface area contributed by atoms with Gasteiger partial charge in [-0.2, -0.15) is 5.26 Å². The minimum absolute atomic E-state index is 0.0768. The molecule has 2 aromatic heterocycles. The molecule has 1 aliphatic heterocycles. The Bertz CT molecular complexity index is 1220. The molecule has 158 valence electrons. The standard InChI is InChI=1S/C23H24N6O2/c1-15-10-16(11-24)4-6-19(15)20-13-26-29(23(20)31)21-7-5-17(12-25-21)22(30)28(3)18-8-9-27(2)14-18/h4-7,10,12-13,18,26H,8-9,14H2,1-3H3. The molecule has 31 heavy (non-hydrogen) atoms. The van der Waals surface area contributed by atoms with Gasteiger partial charge in [0.1, 0.15) is 0 Å². The number of pyridine rings is 1. The van der Waals surface area contributed by atoms with E-state index >= 15 is 0 Å². The number of hydrogen-bond acceptors (Lipinski definition) is 5. The minimum Gasteiger partial charge on any atom is -0.337 e. The molecule has 0 bridgehead atoms. The number of likely N-dealkylation sites (N-methyl/N-ethyl adjacent to an activating group) is 2. The molecule has 1 aromatic carbocycles. The number of hydrogen-bond donors (Lipinski definition) is 1. The summed E-state index contributed by atoms with van der Waals surface area (Å²) >= 11 is 0. The first kappa shape index (κ1) is 20.6. The third kappa shape index (κ3) is 3.88. The van der Waals surface area contributed by atoms with E-state index in [1.54, 1.807) is 41.4 Å². The molecule has 1 atom stereocenters. The lowest BCUT2D eigenvalue weighted by molar-refractivity contribution is 0.0737. The topological polar surface area (TPSA) is 98.0 Å². The molecule has 8 heteroatoms. The van der Waals surface area contributed by atoms with Gasteiger partial charge in [-0.15, -0.1) is 0 Å². The van der Waals surface area contributed by atoms with Gasteiger partial charge in [0, 0.05) is 32.0 Å². The SMILES string of the molecule is Cc1cc(C#N)ccc1-c1c[nH]n(-c2ccc(C(=O)N(C)C3CCN(C)C3)cn2)c1=O. The molecule has 1 unspecified atom stereocenters. The third-order valence-electron chi connectivity index (χ3n) is 5.88. The fourth-order valence-corrected chi connectivity index (χ4v) is 4.01. The maximum absolute atomic E-state index is 13.0. The lowest BCUT2D eigenvalue weighted by Gasteiger charge is -2.24. The Kier molecular flexibility index (Phi) is 5.44. The number of benzene rings is 1. The summed E-state index contributed by atoms with van der Waals surface area (Å²) in [6.07, 6.45) is 4.09. The van der Waals surface area contributed by atoms with Crippen molar-refractivity contribution in [3.05, 3.63) is 69.8 Å². The zero-order chi connectivity index (χ0) is 22.1. The molecule has 1 N–H and O–H groups in total. The predicted octanol–water partition coefficient (Wildman–Crippen LogP) is 2.18. The Morgan fingerprint density at radius 1 is 1.29 bits per heavy atom. The summed E-state index contributed by atoms with van der Waals surface area (Å²) in [6.45, 7) is 3.71. The van der Waals surface area contributed by atoms with Crippen molar-refractivity contribution in [1.82, 2.24) is 24.6 Å². The monoisotopic (exact) mass is 416 g/mol. The molecule has 3 heterocycles. The second kappa shape index (κ2) is 8.20. The highest BCUT2D eigenvalue weighted by Gasteiger charge is 2.27. The third-order valence-corrected chi connectivity index (χ3v) is 5.88. The second-order valence-electron chi connectivity index (χ2n) is 8.00. The van der Waals surface area contributed by atoms with Crippen molar-refractivity contribution < 1.29 is 4.79 Å². The van der Waals surface area contributed by atoms with E-state index in [0.29, 0.717) is 22.5 Å². The number of aromatic amines is 1. The molecule has 0 aliphatic carbocycles. The van der Waals surface area contributed by atoms with E-state index in [-0.39, 0.29) is 17.5 Å². The highest BCUT2D eigenvalue weighted by Crippen LogP contribution is 2.21. The molecular weight excluding hydrogens is 392 g/mol. The average Bonchev–Trinajstić information content (AvgIpc) is 3.38. The van der Waals surface area contributed by atoms with Crippen LogP contribution in [0.3, 0.4) is 0 Å². The first-order chi connectivity index (χ1) is 14.9. The van der Waals surface area contributed by atoms with Gasteiger partial charge in [0.05, 0.1) is 22.8 Å². The number of nitriles is 1. The molecule has 1 aliphatic rings. The molecule has 0 saturated carbocycles. The average molecular weight is 416 g/mol. The van der Waals surface area contributed by atoms with Gasteiger partial charge in [-0.05, 0) is 62.3 Å². The van der Waals surface area contributed by atoms with Crippen LogP contribution in [0.1, 0.15) is 27.9 Å². The van der Waals surface area contributed by atoms with Crippen LogP contribution in [0.25, 0.3) is 16.9 Å². The van der Waals surface area contributed by atoms with Gasteiger partial charge >= 0.3 is 0 Å². The van der Waals surface area contributed by atoms with E-state index in [1.807, 2.05) is 14.0 Å². The van der Waals surface area contributed by atoms with E-state index in [4.69, 9.17) is 5.26 Å². The molecule has 1 saturated heterocycles. The van der Waals surface area contributed by atoms with Gasteiger partial charge in [0.15, 0.2) is 5.82 Å². The van der Waals surface area contributed by atoms with Crippen LogP contribution in [0.2, 0.25) is 0 Å². The van der Waals surface area contributed by atoms with Gasteiger partial charge < -0.3 is 9.80 Å². The Labute approximate surface area is 180 Å². The number of nitrogens with zero attached hydrogens (tertiary/aromatic N) is 5. The number of aryl methyl sites for hydroxylation is 1. The minimum atomic E-state index is -0.245. The van der Waals surface area contributed by atoms with Crippen LogP contribution in [0.15, 0.2) is 47.5 Å². The number of H-pyrrole nitrogens is 1. The van der Waals surface area contributed by atoms with Gasteiger partial charge in [0.25, 0.3) is 11.5 Å². The zero-order valence-electron chi connectivity index (χ0n) is 17.8. The van der Waals surface area contributed by atoms with Crippen molar-refractivity contribution in [1.29, 1.82) is 5.26 Å². The quantitative estimate of drug-likeness (QED) is 0.703. The van der Waals surface area contributed by atoms with Crippen LogP contribution < -0.4 is 5.56 Å². The largest absolute Gasteiger partial charge is 0.337 e. The summed E-state index contributed by atoms with van der Waals surface area (Å²) in [4.78, 5) is 34.1. The lowest BCUT2D eigenvalue weighted by Crippen LogP contribution is -2.38. The van der Waals surface area contributed by atoms with Crippen LogP contribution in [-0.4, -0.2) is 63.7 Å². The number of carbonyl (C=O) groups excluding carboxylic acids is 1. The van der Waals surface area contributed by atoms with Crippen molar-refractivity contribution in [3.63, 3.8) is 0 Å². The number of likely N-dealkylation sites (tertiary alicyclic amines) is 1. The Morgan fingerprint density at radius 3 is 2.71 bits per heavy atom. The van der Waals surface area contributed by atoms with E-state index in [2.05, 4.69) is 28.1 Å². The van der Waals surface area contributed by atoms with Crippen LogP contribution in [0, 0.1) is 18.3 Å². The molecule has 1 fully saturated rings. The van der Waals surface area contributed by atoms with Gasteiger partial charge in [-0.25, -0.2) is 9.67 Å². The van der Waals surface area contributed by atoms with Gasteiger partial charge in [-0.1, -0.05) is 6.07 Å². The van der Waals surface area contributed by atoms with E-state index < -0.39 is 0 Å². The Morgan fingerprint density at radius 2 is 2.10 bits per heavy atom. The summed E-state index contributed by atoms with van der Waals surface area (Å²) in [5.74, 6) is 0.328. The van der Waals surface area contributed by atoms with Crippen molar-refractivity contribution in [2.45, 2.75) is 19.4 Å². The fraction of sp³-hybridized carbons (Fsp3) is 0.304. The second-order valence-corrected chi connectivity index (χ2v) is 8.00. The molecule has 1 amide bonds. The van der Waals surface area contributed by atoms with E-state index in [9.17, 15) is 9.59 Å². The molecule has 8 nitrogen and oxygen atoms in total. The molecule has 3 aromatic rings. The summed E-state index contributed by atoms with van der Waals surface area (Å²) in [5, 5.41) is 12.0. The Balaban J connectivity index is 1.57. The maximum atomic E-state index is 13.0. The fourth-order valence-electron chi connectivity index (χ4n) is 4.01. The normalized spacial score (nSPS) is 16.3. The summed E-state index contributed by atoms with van der Waals surface area (Å²) in [6, 6.07) is 10.9. The number of carbonyl (C=O) groups is 1. The number of rotatable bonds is 4. The van der Waals surface area contributed by atoms with Gasteiger partial charge in [0.2, 0.25) is 0 Å². The summed E-state index contributed by atoms with van der Waals surface area (Å²) in [5.41, 5.74) is 2.89. The van der Waals surface area contributed by atoms with Crippen molar-refractivity contribution in [2.75, 3.05) is 27.2 Å². The zero-order valence-corrected chi connectivity index (χ0v) is 17.8. The van der Waals surface area contributed by atoms with Crippen molar-refractivity contribution >= 4 is 5.91 Å². The first-order valence-corrected chi connectivity index (χ1v) is 10.1. The van der Waals surface area contributed by atoms with E-state index in [1.165, 1.54) is 10.9 Å². The van der Waals surface area contributed by atoms with Crippen LogP contribution in [0.4, 0.5) is 0 Å². The molecule has 0 radical (unpaired) electrons. The number of nitrogens with one attached hydrogen (secondary N) is 1. The highest BCUT2D eigenvalue weighted by molar-refractivity contribution is 5.94. The Hall–Kier alpha value is -3.70. The maximum Gasteiger partial charge on any atom is 0.280 e. The first-order valence-electron chi connectivity index (χ1n) is 10.1. The smallest absolute Gasteiger partial charge is 0.280 e. The summed E-state index contributed by atoms with van der Waals surface area (Å²) in [7, 11) is 3.87. The summed E-state index contributed by atoms with van der Waals surface area (Å²) < 4.78 is 1.34. The lowest BCUT2D eigenvalue weighted by atomic mass is 10.0. The van der Waals surface area contributed by atoms with Crippen molar-refractivity contribution in [2.24, 2.45) is 0 Å². The number of amides is 1. The molecular formula is C23H24N6O2. The number of aromatic nitrogens is 3. The van der Waals surface area contributed by atoms with Gasteiger partial charge in [-0.3, -0.25) is 14.7 Å². The van der Waals surface area contributed by atoms with Crippen LogP contribution in [0.5, 0.6) is 0 Å². The molecule has 4 rings (SSSR count). The van der Waals surface area contributed by atoms with Crippen molar-refractivity contribution in [3.8, 4) is 23.0 Å². The predicted molar refractivity (Wildman–Crippen MR) is 117 cm³/mol. The van der Waals surface area contributed by atoms with Crippen LogP contribution in [-0.2, 0) is 0 Å². The van der Waals surface area contributed by atoms with E-state index in [0.717, 1.165) is 30.6 Å². The molecule has 0 spiro atoms. The highest BCUT2D eigenvalue weighted by atomic mass is 16.2.